The van der Waals surface area contributed by atoms with Crippen molar-refractivity contribution in [1.82, 2.24) is 0 Å². The zero-order valence-corrected chi connectivity index (χ0v) is 20.1. The van der Waals surface area contributed by atoms with Crippen LogP contribution in [0, 0.1) is 11.3 Å². The molecule has 2 aliphatic carbocycles. The summed E-state index contributed by atoms with van der Waals surface area (Å²) in [5.41, 5.74) is 0.0621. The molecule has 1 N–H and O–H groups in total. The molecule has 6 atom stereocenters. The van der Waals surface area contributed by atoms with Gasteiger partial charge in [0.1, 0.15) is 25.3 Å². The van der Waals surface area contributed by atoms with Crippen LogP contribution in [0.1, 0.15) is 33.6 Å². The third kappa shape index (κ3) is 4.39. The molecule has 31 heavy (non-hydrogen) atoms. The summed E-state index contributed by atoms with van der Waals surface area (Å²) < 4.78 is 22.9. The number of fused-ring (bicyclic) bond motifs is 1. The Balaban J connectivity index is 2.12. The summed E-state index contributed by atoms with van der Waals surface area (Å²) in [6, 6.07) is 10.4. The maximum atomic E-state index is 12.5. The SMILES string of the molecule is C=C(C)[C@@H]1C[C@@H](Sc2ccccc2)[C@]2(C)[C@@H](OCOC)CC=C(C)[C@@]2(O)[C@@H]1OCOC. The summed E-state index contributed by atoms with van der Waals surface area (Å²) in [5.74, 6) is -0.0148. The number of hydrogen-bond acceptors (Lipinski definition) is 6. The number of hydrogen-bond donors (Lipinski definition) is 1. The van der Waals surface area contributed by atoms with Gasteiger partial charge in [0.2, 0.25) is 0 Å². The predicted octanol–water partition coefficient (Wildman–Crippen LogP) is 4.81. The number of ether oxygens (including phenoxy) is 4. The molecule has 5 nitrogen and oxygen atoms in total. The zero-order valence-electron chi connectivity index (χ0n) is 19.3. The molecule has 1 aromatic carbocycles. The van der Waals surface area contributed by atoms with E-state index in [1.54, 1.807) is 26.0 Å². The first kappa shape index (κ1) is 24.5. The van der Waals surface area contributed by atoms with Crippen LogP contribution in [0.3, 0.4) is 0 Å². The Kier molecular flexibility index (Phi) is 8.05. The van der Waals surface area contributed by atoms with Gasteiger partial charge in [-0.15, -0.1) is 11.8 Å². The number of thioether (sulfide) groups is 1. The highest BCUT2D eigenvalue weighted by atomic mass is 32.2. The highest BCUT2D eigenvalue weighted by molar-refractivity contribution is 8.00. The Labute approximate surface area is 190 Å². The van der Waals surface area contributed by atoms with Crippen LogP contribution in [0.2, 0.25) is 0 Å². The monoisotopic (exact) mass is 448 g/mol. The Morgan fingerprint density at radius 2 is 1.81 bits per heavy atom. The smallest absolute Gasteiger partial charge is 0.146 e. The lowest BCUT2D eigenvalue weighted by atomic mass is 9.51. The first-order chi connectivity index (χ1) is 14.8. The van der Waals surface area contributed by atoms with Crippen LogP contribution in [-0.2, 0) is 18.9 Å². The van der Waals surface area contributed by atoms with Crippen molar-refractivity contribution in [3.05, 3.63) is 54.1 Å². The highest BCUT2D eigenvalue weighted by Crippen LogP contribution is 2.61. The summed E-state index contributed by atoms with van der Waals surface area (Å²) in [6.45, 7) is 10.7. The molecule has 0 radical (unpaired) electrons. The Hall–Kier alpha value is -1.15. The molecule has 1 saturated carbocycles. The van der Waals surface area contributed by atoms with E-state index in [2.05, 4.69) is 31.7 Å². The summed E-state index contributed by atoms with van der Waals surface area (Å²) in [7, 11) is 3.22. The van der Waals surface area contributed by atoms with Gasteiger partial charge in [0.25, 0.3) is 0 Å². The van der Waals surface area contributed by atoms with Gasteiger partial charge in [-0.3, -0.25) is 0 Å². The summed E-state index contributed by atoms with van der Waals surface area (Å²) in [4.78, 5) is 1.17. The van der Waals surface area contributed by atoms with Gasteiger partial charge in [-0.25, -0.2) is 0 Å². The van der Waals surface area contributed by atoms with Crippen molar-refractivity contribution >= 4 is 11.8 Å². The van der Waals surface area contributed by atoms with Gasteiger partial charge in [0, 0.05) is 35.7 Å². The van der Waals surface area contributed by atoms with Crippen molar-refractivity contribution in [3.8, 4) is 0 Å². The summed E-state index contributed by atoms with van der Waals surface area (Å²) >= 11 is 1.80. The first-order valence-corrected chi connectivity index (χ1v) is 11.7. The van der Waals surface area contributed by atoms with Gasteiger partial charge in [0.15, 0.2) is 0 Å². The summed E-state index contributed by atoms with van der Waals surface area (Å²) in [6.07, 6.45) is 2.92. The fourth-order valence-electron chi connectivity index (χ4n) is 5.29. The van der Waals surface area contributed by atoms with Crippen molar-refractivity contribution in [2.24, 2.45) is 11.3 Å². The number of benzene rings is 1. The zero-order chi connectivity index (χ0) is 22.6. The Morgan fingerprint density at radius 1 is 1.16 bits per heavy atom. The van der Waals surface area contributed by atoms with Gasteiger partial charge < -0.3 is 24.1 Å². The lowest BCUT2D eigenvalue weighted by Crippen LogP contribution is -2.71. The van der Waals surface area contributed by atoms with Gasteiger partial charge in [-0.05, 0) is 44.4 Å². The van der Waals surface area contributed by atoms with E-state index < -0.39 is 17.1 Å². The van der Waals surface area contributed by atoms with Crippen LogP contribution in [0.15, 0.2) is 59.0 Å². The lowest BCUT2D eigenvalue weighted by molar-refractivity contribution is -0.252. The van der Waals surface area contributed by atoms with Crippen molar-refractivity contribution in [2.75, 3.05) is 27.8 Å². The van der Waals surface area contributed by atoms with Crippen molar-refractivity contribution in [1.29, 1.82) is 0 Å². The Bertz CT molecular complexity index is 781. The molecule has 0 aromatic heterocycles. The van der Waals surface area contributed by atoms with E-state index in [0.29, 0.717) is 6.42 Å². The average molecular weight is 449 g/mol. The fourth-order valence-corrected chi connectivity index (χ4v) is 6.81. The van der Waals surface area contributed by atoms with Gasteiger partial charge >= 0.3 is 0 Å². The van der Waals surface area contributed by atoms with Crippen molar-refractivity contribution in [2.45, 2.75) is 61.6 Å². The van der Waals surface area contributed by atoms with E-state index in [4.69, 9.17) is 18.9 Å². The molecule has 0 unspecified atom stereocenters. The predicted molar refractivity (Wildman–Crippen MR) is 124 cm³/mol. The van der Waals surface area contributed by atoms with Gasteiger partial charge in [0.05, 0.1) is 6.10 Å². The van der Waals surface area contributed by atoms with Gasteiger partial charge in [-0.1, -0.05) is 43.4 Å². The normalized spacial score (nSPS) is 35.4. The third-order valence-corrected chi connectivity index (χ3v) is 8.56. The molecule has 0 bridgehead atoms. The molecule has 1 aromatic rings. The third-order valence-electron chi connectivity index (χ3n) is 7.05. The van der Waals surface area contributed by atoms with Crippen molar-refractivity contribution < 1.29 is 24.1 Å². The molecule has 2 aliphatic rings. The van der Waals surface area contributed by atoms with Crippen LogP contribution in [0.25, 0.3) is 0 Å². The minimum absolute atomic E-state index is 0.0148. The molecule has 0 aliphatic heterocycles. The van der Waals surface area contributed by atoms with E-state index in [1.807, 2.05) is 32.0 Å². The van der Waals surface area contributed by atoms with Crippen molar-refractivity contribution in [3.63, 3.8) is 0 Å². The van der Waals surface area contributed by atoms with Crippen LogP contribution < -0.4 is 0 Å². The second-order valence-corrected chi connectivity index (χ2v) is 10.1. The van der Waals surface area contributed by atoms with E-state index in [0.717, 1.165) is 17.6 Å². The molecule has 0 spiro atoms. The second-order valence-electron chi connectivity index (χ2n) is 8.84. The van der Waals surface area contributed by atoms with Crippen LogP contribution in [-0.4, -0.2) is 56.0 Å². The maximum absolute atomic E-state index is 12.5. The molecule has 0 amide bonds. The number of methoxy groups -OCH3 is 2. The summed E-state index contributed by atoms with van der Waals surface area (Å²) in [5, 5.41) is 12.6. The lowest BCUT2D eigenvalue weighted by Gasteiger charge is -2.63. The molecule has 6 heteroatoms. The molecule has 0 saturated heterocycles. The molecule has 1 fully saturated rings. The van der Waals surface area contributed by atoms with Crippen LogP contribution in [0.4, 0.5) is 0 Å². The highest BCUT2D eigenvalue weighted by Gasteiger charge is 2.67. The second kappa shape index (κ2) is 10.2. The Morgan fingerprint density at radius 3 is 2.42 bits per heavy atom. The van der Waals surface area contributed by atoms with Gasteiger partial charge in [-0.2, -0.15) is 0 Å². The van der Waals surface area contributed by atoms with E-state index >= 15 is 0 Å². The molecule has 3 rings (SSSR count). The fraction of sp³-hybridized carbons (Fsp3) is 0.600. The largest absolute Gasteiger partial charge is 0.382 e. The minimum Gasteiger partial charge on any atom is -0.382 e. The quantitative estimate of drug-likeness (QED) is 0.432. The van der Waals surface area contributed by atoms with E-state index in [-0.39, 0.29) is 30.9 Å². The van der Waals surface area contributed by atoms with E-state index in [9.17, 15) is 5.11 Å². The maximum Gasteiger partial charge on any atom is 0.146 e. The molecule has 0 heterocycles. The molecular formula is C25H36O5S. The average Bonchev–Trinajstić information content (AvgIpc) is 2.75. The minimum atomic E-state index is -1.24. The number of rotatable bonds is 9. The van der Waals surface area contributed by atoms with Crippen LogP contribution >= 0.6 is 11.8 Å². The molecule has 172 valence electrons. The number of aliphatic hydroxyl groups is 1. The molecular weight excluding hydrogens is 412 g/mol. The standard InChI is InChI=1S/C25H36O5S/c1-17(2)20-14-22(31-19-10-8-7-9-11-19)24(4)21(29-15-27-5)13-12-18(3)25(24,26)23(20)30-16-28-6/h7-12,20-23,26H,1,13-16H2,2-6H3/t20-,21-,22+,23+,24-,25+/m0/s1. The van der Waals surface area contributed by atoms with E-state index in [1.165, 1.54) is 4.90 Å². The van der Waals surface area contributed by atoms with Crippen LogP contribution in [0.5, 0.6) is 0 Å². The topological polar surface area (TPSA) is 57.2 Å². The first-order valence-electron chi connectivity index (χ1n) is 10.8.